The monoisotopic (exact) mass is 291 g/mol. The first-order valence-corrected chi connectivity index (χ1v) is 7.57. The second-order valence-electron chi connectivity index (χ2n) is 5.31. The van der Waals surface area contributed by atoms with E-state index in [-0.39, 0.29) is 5.91 Å². The van der Waals surface area contributed by atoms with Gasteiger partial charge in [-0.1, -0.05) is 6.07 Å². The summed E-state index contributed by atoms with van der Waals surface area (Å²) in [6.07, 6.45) is 2.53. The van der Waals surface area contributed by atoms with Crippen LogP contribution in [0, 0.1) is 0 Å². The molecule has 114 valence electrons. The van der Waals surface area contributed by atoms with E-state index in [9.17, 15) is 4.79 Å². The highest BCUT2D eigenvalue weighted by molar-refractivity contribution is 5.76. The second kappa shape index (κ2) is 6.80. The first-order chi connectivity index (χ1) is 10.3. The maximum absolute atomic E-state index is 12.0. The third-order valence-corrected chi connectivity index (χ3v) is 3.84. The van der Waals surface area contributed by atoms with Crippen LogP contribution in [-0.2, 0) is 16.0 Å². The number of hydrogen-bond donors (Lipinski definition) is 0. The van der Waals surface area contributed by atoms with Gasteiger partial charge < -0.3 is 19.1 Å². The predicted molar refractivity (Wildman–Crippen MR) is 77.8 cm³/mol. The van der Waals surface area contributed by atoms with Gasteiger partial charge in [0.25, 0.3) is 0 Å². The van der Waals surface area contributed by atoms with E-state index in [0.29, 0.717) is 39.3 Å². The van der Waals surface area contributed by atoms with Crippen molar-refractivity contribution in [3.05, 3.63) is 23.8 Å². The van der Waals surface area contributed by atoms with Gasteiger partial charge in [-0.2, -0.15) is 0 Å². The molecule has 0 aliphatic carbocycles. The highest BCUT2D eigenvalue weighted by Crippen LogP contribution is 2.29. The van der Waals surface area contributed by atoms with Gasteiger partial charge >= 0.3 is 0 Å². The molecule has 0 N–H and O–H groups in total. The molecule has 3 rings (SSSR count). The number of carbonyl (C=O) groups is 1. The van der Waals surface area contributed by atoms with Crippen LogP contribution in [0.2, 0.25) is 0 Å². The minimum atomic E-state index is 0.132. The Morgan fingerprint density at radius 1 is 1.24 bits per heavy atom. The molecule has 1 amide bonds. The van der Waals surface area contributed by atoms with Crippen molar-refractivity contribution in [3.63, 3.8) is 0 Å². The van der Waals surface area contributed by atoms with E-state index in [4.69, 9.17) is 14.2 Å². The Kier molecular flexibility index (Phi) is 4.60. The van der Waals surface area contributed by atoms with Gasteiger partial charge in [0, 0.05) is 19.2 Å². The average molecular weight is 291 g/mol. The molecule has 0 aromatic heterocycles. The zero-order valence-corrected chi connectivity index (χ0v) is 12.2. The maximum atomic E-state index is 12.0. The number of aryl methyl sites for hydroxylation is 1. The molecule has 2 aliphatic heterocycles. The number of ether oxygens (including phenoxy) is 3. The van der Waals surface area contributed by atoms with E-state index in [1.54, 1.807) is 0 Å². The summed E-state index contributed by atoms with van der Waals surface area (Å²) in [5, 5.41) is 0. The fourth-order valence-electron chi connectivity index (χ4n) is 2.64. The van der Waals surface area contributed by atoms with Crippen LogP contribution in [0.1, 0.15) is 18.4 Å². The summed E-state index contributed by atoms with van der Waals surface area (Å²) in [6, 6.07) is 5.92. The minimum Gasteiger partial charge on any atom is -0.493 e. The van der Waals surface area contributed by atoms with E-state index in [0.717, 1.165) is 30.9 Å². The lowest BCUT2D eigenvalue weighted by Gasteiger charge is -2.26. The molecule has 0 atom stereocenters. The van der Waals surface area contributed by atoms with Crippen molar-refractivity contribution in [1.29, 1.82) is 0 Å². The van der Waals surface area contributed by atoms with Gasteiger partial charge in [-0.05, 0) is 24.5 Å². The van der Waals surface area contributed by atoms with Gasteiger partial charge in [0.1, 0.15) is 11.5 Å². The zero-order chi connectivity index (χ0) is 14.5. The van der Waals surface area contributed by atoms with Gasteiger partial charge in [-0.15, -0.1) is 0 Å². The molecule has 2 heterocycles. The summed E-state index contributed by atoms with van der Waals surface area (Å²) in [5.41, 5.74) is 1.23. The normalized spacial score (nSPS) is 17.8. The first-order valence-electron chi connectivity index (χ1n) is 7.57. The molecule has 5 heteroatoms. The van der Waals surface area contributed by atoms with Crippen molar-refractivity contribution in [2.45, 2.75) is 19.3 Å². The molecule has 1 aromatic rings. The molecule has 21 heavy (non-hydrogen) atoms. The van der Waals surface area contributed by atoms with E-state index < -0.39 is 0 Å². The third kappa shape index (κ3) is 3.67. The van der Waals surface area contributed by atoms with Crippen LogP contribution in [-0.4, -0.2) is 50.3 Å². The van der Waals surface area contributed by atoms with Crippen LogP contribution < -0.4 is 9.47 Å². The van der Waals surface area contributed by atoms with Crippen molar-refractivity contribution in [1.82, 2.24) is 4.90 Å². The molecular formula is C16H21NO4. The Labute approximate surface area is 124 Å². The van der Waals surface area contributed by atoms with Crippen molar-refractivity contribution in [2.75, 3.05) is 39.5 Å². The first kappa shape index (κ1) is 14.2. The predicted octanol–water partition coefficient (Wildman–Crippen LogP) is 1.64. The van der Waals surface area contributed by atoms with Crippen molar-refractivity contribution < 1.29 is 19.0 Å². The van der Waals surface area contributed by atoms with Gasteiger partial charge in [-0.3, -0.25) is 4.79 Å². The molecule has 2 aliphatic rings. The van der Waals surface area contributed by atoms with Crippen LogP contribution in [0.3, 0.4) is 0 Å². The number of benzene rings is 1. The fraction of sp³-hybridized carbons (Fsp3) is 0.562. The average Bonchev–Trinajstić information content (AvgIpc) is 2.55. The number of carbonyl (C=O) groups excluding carboxylic acids is 1. The summed E-state index contributed by atoms with van der Waals surface area (Å²) < 4.78 is 16.5. The highest BCUT2D eigenvalue weighted by atomic mass is 16.5. The standard InChI is InChI=1S/C16H21NO4/c18-16(17-6-10-19-11-7-17)5-9-20-14-4-3-13-2-1-8-21-15(13)12-14/h3-4,12H,1-2,5-11H2. The van der Waals surface area contributed by atoms with Crippen LogP contribution in [0.15, 0.2) is 18.2 Å². The summed E-state index contributed by atoms with van der Waals surface area (Å²) in [7, 11) is 0. The Hall–Kier alpha value is -1.75. The highest BCUT2D eigenvalue weighted by Gasteiger charge is 2.16. The Balaban J connectivity index is 1.47. The summed E-state index contributed by atoms with van der Waals surface area (Å²) >= 11 is 0. The number of rotatable bonds is 4. The zero-order valence-electron chi connectivity index (χ0n) is 12.2. The lowest BCUT2D eigenvalue weighted by atomic mass is 10.1. The Morgan fingerprint density at radius 3 is 2.95 bits per heavy atom. The molecule has 0 unspecified atom stereocenters. The smallest absolute Gasteiger partial charge is 0.226 e. The molecule has 0 bridgehead atoms. The van der Waals surface area contributed by atoms with Gasteiger partial charge in [-0.25, -0.2) is 0 Å². The maximum Gasteiger partial charge on any atom is 0.226 e. The van der Waals surface area contributed by atoms with Gasteiger partial charge in [0.2, 0.25) is 5.91 Å². The number of morpholine rings is 1. The van der Waals surface area contributed by atoms with Crippen molar-refractivity contribution in [3.8, 4) is 11.5 Å². The van der Waals surface area contributed by atoms with Crippen LogP contribution in [0.5, 0.6) is 11.5 Å². The fourth-order valence-corrected chi connectivity index (χ4v) is 2.64. The summed E-state index contributed by atoms with van der Waals surface area (Å²) in [6.45, 7) is 3.81. The molecule has 0 spiro atoms. The van der Waals surface area contributed by atoms with Crippen LogP contribution in [0.25, 0.3) is 0 Å². The topological polar surface area (TPSA) is 48.0 Å². The van der Waals surface area contributed by atoms with Crippen LogP contribution >= 0.6 is 0 Å². The van der Waals surface area contributed by atoms with E-state index in [1.807, 2.05) is 23.1 Å². The van der Waals surface area contributed by atoms with Crippen molar-refractivity contribution in [2.24, 2.45) is 0 Å². The van der Waals surface area contributed by atoms with E-state index >= 15 is 0 Å². The lowest BCUT2D eigenvalue weighted by Crippen LogP contribution is -2.41. The number of hydrogen-bond acceptors (Lipinski definition) is 4. The van der Waals surface area contributed by atoms with Crippen molar-refractivity contribution >= 4 is 5.91 Å². The minimum absolute atomic E-state index is 0.132. The van der Waals surface area contributed by atoms with E-state index in [1.165, 1.54) is 5.56 Å². The van der Waals surface area contributed by atoms with E-state index in [2.05, 4.69) is 0 Å². The molecule has 0 radical (unpaired) electrons. The molecule has 1 fully saturated rings. The number of amides is 1. The Bertz CT molecular complexity index is 497. The summed E-state index contributed by atoms with van der Waals surface area (Å²) in [4.78, 5) is 13.8. The van der Waals surface area contributed by atoms with Gasteiger partial charge in [0.15, 0.2) is 0 Å². The molecule has 1 aromatic carbocycles. The number of nitrogens with zero attached hydrogens (tertiary/aromatic N) is 1. The molecule has 1 saturated heterocycles. The molecule has 0 saturated carbocycles. The van der Waals surface area contributed by atoms with Crippen LogP contribution in [0.4, 0.5) is 0 Å². The quantitative estimate of drug-likeness (QED) is 0.846. The summed E-state index contributed by atoms with van der Waals surface area (Å²) in [5.74, 6) is 1.82. The third-order valence-electron chi connectivity index (χ3n) is 3.84. The van der Waals surface area contributed by atoms with Gasteiger partial charge in [0.05, 0.1) is 32.8 Å². The lowest BCUT2D eigenvalue weighted by molar-refractivity contribution is -0.135. The largest absolute Gasteiger partial charge is 0.493 e. The second-order valence-corrected chi connectivity index (χ2v) is 5.31. The number of fused-ring (bicyclic) bond motifs is 1. The molecule has 5 nitrogen and oxygen atoms in total. The molecular weight excluding hydrogens is 270 g/mol. The SMILES string of the molecule is O=C(CCOc1ccc2c(c1)OCCC2)N1CCOCC1. The Morgan fingerprint density at radius 2 is 2.10 bits per heavy atom.